The number of halogens is 3. The first-order valence-electron chi connectivity index (χ1n) is 7.68. The molecular formula is C17H15F3N3O3+. The zero-order valence-electron chi connectivity index (χ0n) is 13.9. The summed E-state index contributed by atoms with van der Waals surface area (Å²) in [4.78, 5) is 17.0. The van der Waals surface area contributed by atoms with E-state index in [0.717, 1.165) is 6.20 Å². The van der Waals surface area contributed by atoms with Crippen molar-refractivity contribution < 1.29 is 32.3 Å². The van der Waals surface area contributed by atoms with Gasteiger partial charge in [-0.2, -0.15) is 18.3 Å². The molecule has 0 saturated heterocycles. The summed E-state index contributed by atoms with van der Waals surface area (Å²) < 4.78 is 47.8. The van der Waals surface area contributed by atoms with Gasteiger partial charge in [-0.3, -0.25) is 4.84 Å². The van der Waals surface area contributed by atoms with Gasteiger partial charge < -0.3 is 4.74 Å². The molecule has 0 aliphatic rings. The van der Waals surface area contributed by atoms with Crippen molar-refractivity contribution in [1.29, 1.82) is 0 Å². The van der Waals surface area contributed by atoms with Gasteiger partial charge in [-0.1, -0.05) is 6.07 Å². The van der Waals surface area contributed by atoms with Gasteiger partial charge in [0.1, 0.15) is 12.7 Å². The Kier molecular flexibility index (Phi) is 4.54. The Balaban J connectivity index is 2.24. The molecule has 0 aliphatic carbocycles. The largest absolute Gasteiger partial charge is 0.462 e. The third-order valence-electron chi connectivity index (χ3n) is 3.74. The molecule has 0 fully saturated rings. The highest BCUT2D eigenvalue weighted by Crippen LogP contribution is 2.35. The van der Waals surface area contributed by atoms with E-state index < -0.39 is 23.4 Å². The molecule has 0 amide bonds. The highest BCUT2D eigenvalue weighted by Gasteiger charge is 2.41. The number of fused-ring (bicyclic) bond motifs is 1. The van der Waals surface area contributed by atoms with E-state index in [2.05, 4.69) is 5.10 Å². The number of hydrogen-bond donors (Lipinski definition) is 0. The first kappa shape index (κ1) is 17.7. The van der Waals surface area contributed by atoms with E-state index >= 15 is 0 Å². The van der Waals surface area contributed by atoms with Crippen LogP contribution in [0, 0.1) is 0 Å². The molecule has 0 saturated carbocycles. The number of carbonyl (C=O) groups excluding carboxylic acids is 1. The first-order valence-corrected chi connectivity index (χ1v) is 7.68. The topological polar surface area (TPSA) is 57.2 Å². The lowest BCUT2D eigenvalue weighted by Crippen LogP contribution is -2.39. The minimum atomic E-state index is -4.79. The van der Waals surface area contributed by atoms with Crippen LogP contribution in [0.3, 0.4) is 0 Å². The van der Waals surface area contributed by atoms with E-state index in [1.165, 1.54) is 24.8 Å². The van der Waals surface area contributed by atoms with Crippen molar-refractivity contribution >= 4 is 16.7 Å². The maximum atomic E-state index is 13.7. The molecule has 136 valence electrons. The lowest BCUT2D eigenvalue weighted by atomic mass is 10.1. The summed E-state index contributed by atoms with van der Waals surface area (Å²) in [5.41, 5.74) is -1.61. The molecule has 0 atom stereocenters. The predicted molar refractivity (Wildman–Crippen MR) is 84.7 cm³/mol. The highest BCUT2D eigenvalue weighted by atomic mass is 19.4. The van der Waals surface area contributed by atoms with Gasteiger partial charge in [0.05, 0.1) is 23.9 Å². The fourth-order valence-corrected chi connectivity index (χ4v) is 2.65. The molecular weight excluding hydrogens is 351 g/mol. The Morgan fingerprint density at radius 2 is 2.08 bits per heavy atom. The van der Waals surface area contributed by atoms with E-state index in [0.29, 0.717) is 15.5 Å². The van der Waals surface area contributed by atoms with Gasteiger partial charge in [0.25, 0.3) is 0 Å². The summed E-state index contributed by atoms with van der Waals surface area (Å²) in [5, 5.41) is 4.97. The maximum Gasteiger partial charge on any atom is 0.434 e. The Labute approximate surface area is 146 Å². The number of alkyl halides is 3. The highest BCUT2D eigenvalue weighted by molar-refractivity contribution is 5.92. The number of nitrogens with zero attached hydrogens (tertiary/aromatic N) is 3. The summed E-state index contributed by atoms with van der Waals surface area (Å²) in [6.45, 7) is 1.48. The molecule has 0 bridgehead atoms. The minimum absolute atomic E-state index is 0.0351. The third kappa shape index (κ3) is 3.07. The summed E-state index contributed by atoms with van der Waals surface area (Å²) in [7, 11) is 1.47. The molecule has 6 nitrogen and oxygen atoms in total. The van der Waals surface area contributed by atoms with Crippen molar-refractivity contribution in [2.24, 2.45) is 0 Å². The van der Waals surface area contributed by atoms with Crippen molar-refractivity contribution in [2.75, 3.05) is 13.7 Å². The van der Waals surface area contributed by atoms with Crippen molar-refractivity contribution in [3.05, 3.63) is 54.1 Å². The minimum Gasteiger partial charge on any atom is -0.462 e. The summed E-state index contributed by atoms with van der Waals surface area (Å²) >= 11 is 0. The van der Waals surface area contributed by atoms with Crippen LogP contribution in [0.15, 0.2) is 42.9 Å². The normalized spacial score (nSPS) is 11.6. The van der Waals surface area contributed by atoms with Gasteiger partial charge in [0.15, 0.2) is 5.69 Å². The zero-order valence-corrected chi connectivity index (χ0v) is 13.9. The van der Waals surface area contributed by atoms with Crippen LogP contribution in [0.5, 0.6) is 0 Å². The number of hydrogen-bond acceptors (Lipinski definition) is 4. The second kappa shape index (κ2) is 6.66. The average molecular weight is 366 g/mol. The van der Waals surface area contributed by atoms with Crippen LogP contribution < -0.4 is 9.57 Å². The van der Waals surface area contributed by atoms with Crippen molar-refractivity contribution in [1.82, 2.24) is 9.78 Å². The molecule has 3 rings (SSSR count). The fraction of sp³-hybridized carbons (Fsp3) is 0.235. The molecule has 9 heteroatoms. The number of esters is 1. The predicted octanol–water partition coefficient (Wildman–Crippen LogP) is 2.57. The molecule has 1 aromatic carbocycles. The molecule has 0 spiro atoms. The molecule has 3 aromatic rings. The summed E-state index contributed by atoms with van der Waals surface area (Å²) in [6.07, 6.45) is -0.726. The maximum absolute atomic E-state index is 13.7. The van der Waals surface area contributed by atoms with Gasteiger partial charge in [0, 0.05) is 16.2 Å². The monoisotopic (exact) mass is 366 g/mol. The number of carbonyl (C=O) groups is 1. The van der Waals surface area contributed by atoms with Crippen LogP contribution >= 0.6 is 0 Å². The van der Waals surface area contributed by atoms with Gasteiger partial charge in [-0.15, -0.1) is 0 Å². The van der Waals surface area contributed by atoms with E-state index in [9.17, 15) is 18.0 Å². The molecule has 0 unspecified atom stereocenters. The molecule has 26 heavy (non-hydrogen) atoms. The van der Waals surface area contributed by atoms with E-state index in [1.807, 2.05) is 0 Å². The number of rotatable bonds is 4. The van der Waals surface area contributed by atoms with Crippen molar-refractivity contribution in [2.45, 2.75) is 13.1 Å². The van der Waals surface area contributed by atoms with Crippen LogP contribution in [0.1, 0.15) is 23.0 Å². The van der Waals surface area contributed by atoms with Crippen LogP contribution in [0.25, 0.3) is 16.5 Å². The van der Waals surface area contributed by atoms with Gasteiger partial charge in [-0.25, -0.2) is 9.48 Å². The zero-order chi connectivity index (χ0) is 18.9. The number of aromatic nitrogens is 3. The van der Waals surface area contributed by atoms with Gasteiger partial charge in [-0.05, 0) is 19.1 Å². The second-order valence-corrected chi connectivity index (χ2v) is 5.30. The number of pyridine rings is 1. The Bertz CT molecular complexity index is 967. The lowest BCUT2D eigenvalue weighted by molar-refractivity contribution is -0.884. The number of ether oxygens (including phenoxy) is 1. The second-order valence-electron chi connectivity index (χ2n) is 5.30. The number of benzene rings is 1. The fourth-order valence-electron chi connectivity index (χ4n) is 2.65. The molecule has 0 N–H and O–H groups in total. The standard InChI is InChI=1S/C17H15F3N3O3/c1-3-26-16(24)13-9-21-23(15(13)17(18,19)20)14-6-4-5-11-10-22(25-2)8-7-12(11)14/h4-10H,3H2,1-2H3/q+1. The Morgan fingerprint density at radius 1 is 1.31 bits per heavy atom. The third-order valence-corrected chi connectivity index (χ3v) is 3.74. The summed E-state index contributed by atoms with van der Waals surface area (Å²) in [5.74, 6) is -1.07. The van der Waals surface area contributed by atoms with E-state index in [4.69, 9.17) is 9.57 Å². The van der Waals surface area contributed by atoms with Crippen LogP contribution in [0.4, 0.5) is 13.2 Å². The van der Waals surface area contributed by atoms with E-state index in [-0.39, 0.29) is 12.3 Å². The Hall–Kier alpha value is -3.10. The van der Waals surface area contributed by atoms with Crippen LogP contribution in [-0.2, 0) is 10.9 Å². The molecule has 2 aromatic heterocycles. The van der Waals surface area contributed by atoms with Crippen molar-refractivity contribution in [3.63, 3.8) is 0 Å². The molecule has 0 radical (unpaired) electrons. The Morgan fingerprint density at radius 3 is 2.73 bits per heavy atom. The van der Waals surface area contributed by atoms with Crippen molar-refractivity contribution in [3.8, 4) is 5.69 Å². The SMILES string of the molecule is CCOC(=O)c1cnn(-c2cccc3c[n+](OC)ccc23)c1C(F)(F)F. The lowest BCUT2D eigenvalue weighted by Gasteiger charge is -2.13. The smallest absolute Gasteiger partial charge is 0.434 e. The quantitative estimate of drug-likeness (QED) is 0.526. The average Bonchev–Trinajstić information content (AvgIpc) is 3.06. The van der Waals surface area contributed by atoms with Crippen LogP contribution in [-0.4, -0.2) is 29.5 Å². The van der Waals surface area contributed by atoms with E-state index in [1.54, 1.807) is 30.6 Å². The summed E-state index contributed by atoms with van der Waals surface area (Å²) in [6, 6.07) is 6.44. The first-order chi connectivity index (χ1) is 12.4. The van der Waals surface area contributed by atoms with Gasteiger partial charge >= 0.3 is 12.1 Å². The van der Waals surface area contributed by atoms with Crippen LogP contribution in [0.2, 0.25) is 0 Å². The van der Waals surface area contributed by atoms with Gasteiger partial charge in [0.2, 0.25) is 12.4 Å². The molecule has 2 heterocycles. The molecule has 0 aliphatic heterocycles.